The van der Waals surface area contributed by atoms with Crippen LogP contribution in [0.15, 0.2) is 0 Å². The minimum Gasteiger partial charge on any atom is -0.679 e. The third-order valence-electron chi connectivity index (χ3n) is 0.433. The molecule has 0 spiro atoms. The first-order valence-electron chi connectivity index (χ1n) is 3.52. The fourth-order valence-electron chi connectivity index (χ4n) is 0. The van der Waals surface area contributed by atoms with Crippen molar-refractivity contribution in [3.8, 4) is 0 Å². The molecule has 0 unspecified atom stereocenters. The van der Waals surface area contributed by atoms with E-state index in [0.29, 0.717) is 0 Å². The Bertz CT molecular complexity index is 127. The van der Waals surface area contributed by atoms with Crippen LogP contribution in [0.25, 0.3) is 22.9 Å². The fraction of sp³-hybridized carbons (Fsp3) is 0.667. The topological polar surface area (TPSA) is 170 Å². The van der Waals surface area contributed by atoms with Crippen LogP contribution >= 0.6 is 0 Å². The Kier molecular flexibility index (Phi) is 37.0. The van der Waals surface area contributed by atoms with Crippen molar-refractivity contribution < 1.29 is 36.6 Å². The number of hydrogen-bond acceptors (Lipinski definition) is 2. The maximum atomic E-state index is 9.10. The summed E-state index contributed by atoms with van der Waals surface area (Å²) in [5.41, 5.74) is 25.1. The van der Waals surface area contributed by atoms with Gasteiger partial charge in [-0.2, -0.15) is 26.2 Å². The maximum Gasteiger partial charge on any atom is 0.414 e. The van der Waals surface area contributed by atoms with Gasteiger partial charge in [0.05, 0.1) is 0 Å². The van der Waals surface area contributed by atoms with Crippen LogP contribution < -0.4 is 0 Å². The Balaban J connectivity index is -0.0000000606. The van der Waals surface area contributed by atoms with Crippen LogP contribution in [0.1, 0.15) is 0 Å². The molecule has 0 aromatic heterocycles. The van der Waals surface area contributed by atoms with Crippen LogP contribution in [-0.2, 0) is 26.4 Å². The summed E-state index contributed by atoms with van der Waals surface area (Å²) in [6.45, 7) is 0.944. The summed E-state index contributed by atoms with van der Waals surface area (Å²) in [6, 6.07) is 0. The molecule has 9 heteroatoms. The van der Waals surface area contributed by atoms with Gasteiger partial charge in [0.1, 0.15) is 0 Å². The van der Waals surface area contributed by atoms with Crippen LogP contribution in [0.2, 0.25) is 0 Å². The third kappa shape index (κ3) is 60.6. The molecule has 0 saturated carbocycles. The molecule has 0 heterocycles. The number of carboxylic acid groups (broad SMARTS) is 2. The van der Waals surface area contributed by atoms with Crippen molar-refractivity contribution in [2.75, 3.05) is 26.2 Å². The van der Waals surface area contributed by atoms with E-state index in [2.05, 4.69) is 0 Å². The standard InChI is InChI=1S/2C2H6N2.C2H2O4.Co/c2*3-1-2-4;3-1(4)2(5)6;/h2*3-4H,1-2H2;(H,3,4)(H,5,6);/q2*-2;;. The molecule has 0 aliphatic heterocycles. The summed E-state index contributed by atoms with van der Waals surface area (Å²) in [6.07, 6.45) is 0. The van der Waals surface area contributed by atoms with Crippen LogP contribution in [0.3, 0.4) is 0 Å². The normalized spacial score (nSPS) is 6.93. The molecule has 0 aliphatic rings. The van der Waals surface area contributed by atoms with Gasteiger partial charge in [-0.3, -0.25) is 0 Å². The van der Waals surface area contributed by atoms with Gasteiger partial charge in [-0.25, -0.2) is 9.59 Å². The number of hydrogen-bond donors (Lipinski definition) is 2. The summed E-state index contributed by atoms with van der Waals surface area (Å²) in [5, 5.41) is 14.8. The summed E-state index contributed by atoms with van der Waals surface area (Å²) in [7, 11) is 0. The van der Waals surface area contributed by atoms with Gasteiger partial charge < -0.3 is 33.1 Å². The van der Waals surface area contributed by atoms with Crippen molar-refractivity contribution in [1.82, 2.24) is 0 Å². The maximum absolute atomic E-state index is 9.10. The van der Waals surface area contributed by atoms with Gasteiger partial charge >= 0.3 is 11.9 Å². The van der Waals surface area contributed by atoms with Crippen LogP contribution in [0.5, 0.6) is 0 Å². The second-order valence-electron chi connectivity index (χ2n) is 1.61. The van der Waals surface area contributed by atoms with Gasteiger partial charge in [-0.05, 0) is 0 Å². The van der Waals surface area contributed by atoms with Gasteiger partial charge in [-0.1, -0.05) is 0 Å². The van der Waals surface area contributed by atoms with E-state index in [4.69, 9.17) is 42.7 Å². The summed E-state index contributed by atoms with van der Waals surface area (Å²) in [5.74, 6) is -3.65. The first kappa shape index (κ1) is 23.8. The number of aliphatic carboxylic acids is 2. The SMILES string of the molecule is O=C(O)C(=O)O.[Co].[NH-]CC[NH-].[NH-]CC[NH-]. The van der Waals surface area contributed by atoms with E-state index in [1.165, 1.54) is 0 Å². The average molecular weight is 265 g/mol. The molecule has 6 N–H and O–H groups in total. The molecule has 0 bridgehead atoms. The number of nitrogens with one attached hydrogen (secondary N) is 4. The monoisotopic (exact) mass is 265 g/mol. The van der Waals surface area contributed by atoms with E-state index in [-0.39, 0.29) is 43.0 Å². The molecular formula is C6H14CoN4O4-4. The minimum absolute atomic E-state index is 0. The summed E-state index contributed by atoms with van der Waals surface area (Å²) < 4.78 is 0. The van der Waals surface area contributed by atoms with E-state index in [0.717, 1.165) is 0 Å². The van der Waals surface area contributed by atoms with Crippen molar-refractivity contribution in [1.29, 1.82) is 0 Å². The van der Waals surface area contributed by atoms with Crippen molar-refractivity contribution >= 4 is 11.9 Å². The Morgan fingerprint density at radius 2 is 0.867 bits per heavy atom. The van der Waals surface area contributed by atoms with E-state index in [9.17, 15) is 0 Å². The van der Waals surface area contributed by atoms with E-state index in [1.807, 2.05) is 0 Å². The summed E-state index contributed by atoms with van der Waals surface area (Å²) in [4.78, 5) is 18.2. The Morgan fingerprint density at radius 3 is 0.867 bits per heavy atom. The van der Waals surface area contributed by atoms with Crippen LogP contribution in [-0.4, -0.2) is 48.3 Å². The molecule has 0 aromatic rings. The number of carboxylic acids is 2. The predicted molar refractivity (Wildman–Crippen MR) is 52.0 cm³/mol. The third-order valence-corrected chi connectivity index (χ3v) is 0.433. The van der Waals surface area contributed by atoms with Crippen LogP contribution in [0, 0.1) is 0 Å². The molecule has 0 aromatic carbocycles. The van der Waals surface area contributed by atoms with E-state index in [1.54, 1.807) is 0 Å². The summed E-state index contributed by atoms with van der Waals surface area (Å²) >= 11 is 0. The molecule has 0 aliphatic carbocycles. The molecule has 0 fully saturated rings. The zero-order chi connectivity index (χ0) is 12.0. The molecule has 0 saturated heterocycles. The van der Waals surface area contributed by atoms with Gasteiger partial charge in [0, 0.05) is 16.8 Å². The molecule has 0 atom stereocenters. The molecule has 0 amide bonds. The van der Waals surface area contributed by atoms with Gasteiger partial charge in [0.15, 0.2) is 0 Å². The Morgan fingerprint density at radius 1 is 0.733 bits per heavy atom. The van der Waals surface area contributed by atoms with Gasteiger partial charge in [-0.15, -0.1) is 0 Å². The predicted octanol–water partition coefficient (Wildman–Crippen LogP) is 1.33. The number of carbonyl (C=O) groups is 2. The Hall–Kier alpha value is -0.714. The second kappa shape index (κ2) is 23.3. The van der Waals surface area contributed by atoms with Crippen molar-refractivity contribution in [3.05, 3.63) is 22.9 Å². The van der Waals surface area contributed by atoms with Crippen LogP contribution in [0.4, 0.5) is 0 Å². The molecule has 0 rings (SSSR count). The second-order valence-corrected chi connectivity index (χ2v) is 1.61. The molecular weight excluding hydrogens is 251 g/mol. The van der Waals surface area contributed by atoms with Crippen molar-refractivity contribution in [3.63, 3.8) is 0 Å². The zero-order valence-corrected chi connectivity index (χ0v) is 8.91. The molecule has 8 nitrogen and oxygen atoms in total. The molecule has 95 valence electrons. The molecule has 15 heavy (non-hydrogen) atoms. The van der Waals surface area contributed by atoms with E-state index >= 15 is 0 Å². The Labute approximate surface area is 98.2 Å². The largest absolute Gasteiger partial charge is 0.679 e. The quantitative estimate of drug-likeness (QED) is 0.717. The first-order chi connectivity index (χ1) is 6.47. The first-order valence-corrected chi connectivity index (χ1v) is 3.52. The average Bonchev–Trinajstić information content (AvgIpc) is 2.18. The minimum atomic E-state index is -1.82. The van der Waals surface area contributed by atoms with E-state index < -0.39 is 11.9 Å². The number of rotatable bonds is 2. The molecule has 1 radical (unpaired) electrons. The van der Waals surface area contributed by atoms with Crippen molar-refractivity contribution in [2.24, 2.45) is 0 Å². The van der Waals surface area contributed by atoms with Crippen molar-refractivity contribution in [2.45, 2.75) is 0 Å². The van der Waals surface area contributed by atoms with Gasteiger partial charge in [0.25, 0.3) is 0 Å². The fourth-order valence-corrected chi connectivity index (χ4v) is 0. The smallest absolute Gasteiger partial charge is 0.414 e. The van der Waals surface area contributed by atoms with Gasteiger partial charge in [0.2, 0.25) is 0 Å². The zero-order valence-electron chi connectivity index (χ0n) is 7.87.